The topological polar surface area (TPSA) is 70.4 Å². The van der Waals surface area contributed by atoms with Gasteiger partial charge in [0.15, 0.2) is 0 Å². The zero-order valence-corrected chi connectivity index (χ0v) is 11.8. The van der Waals surface area contributed by atoms with E-state index in [2.05, 4.69) is 4.98 Å². The zero-order chi connectivity index (χ0) is 13.1. The van der Waals surface area contributed by atoms with Crippen molar-refractivity contribution in [1.29, 1.82) is 0 Å². The predicted molar refractivity (Wildman–Crippen MR) is 69.8 cm³/mol. The van der Waals surface area contributed by atoms with Gasteiger partial charge in [-0.15, -0.1) is 11.3 Å². The number of aromatic nitrogens is 1. The molecule has 0 aliphatic carbocycles. The van der Waals surface area contributed by atoms with Crippen molar-refractivity contribution < 1.29 is 15.0 Å². The lowest BCUT2D eigenvalue weighted by Crippen LogP contribution is -2.25. The highest BCUT2D eigenvalue weighted by atomic mass is 32.2. The highest BCUT2D eigenvalue weighted by Crippen LogP contribution is 2.30. The van der Waals surface area contributed by atoms with Crippen LogP contribution in [0, 0.1) is 6.92 Å². The molecule has 1 rings (SSSR count). The van der Waals surface area contributed by atoms with Crippen LogP contribution in [-0.4, -0.2) is 32.5 Å². The molecule has 6 heteroatoms. The first-order valence-corrected chi connectivity index (χ1v) is 7.17. The van der Waals surface area contributed by atoms with Gasteiger partial charge in [0.1, 0.15) is 4.34 Å². The Bertz CT molecular complexity index is 401. The lowest BCUT2D eigenvalue weighted by atomic mass is 10.1. The van der Waals surface area contributed by atoms with E-state index in [-0.39, 0.29) is 6.42 Å². The van der Waals surface area contributed by atoms with E-state index < -0.39 is 11.6 Å². The summed E-state index contributed by atoms with van der Waals surface area (Å²) in [5.41, 5.74) is 0.0769. The van der Waals surface area contributed by atoms with E-state index in [1.54, 1.807) is 6.92 Å². The maximum atomic E-state index is 10.6. The van der Waals surface area contributed by atoms with Crippen LogP contribution in [-0.2, 0) is 11.2 Å². The van der Waals surface area contributed by atoms with Gasteiger partial charge >= 0.3 is 5.97 Å². The summed E-state index contributed by atoms with van der Waals surface area (Å²) >= 11 is 2.88. The first kappa shape index (κ1) is 14.5. The summed E-state index contributed by atoms with van der Waals surface area (Å²) < 4.78 is 0.826. The number of aliphatic hydroxyl groups is 1. The van der Waals surface area contributed by atoms with Crippen LogP contribution < -0.4 is 0 Å². The van der Waals surface area contributed by atoms with Crippen LogP contribution in [0.3, 0.4) is 0 Å². The molecule has 0 saturated heterocycles. The summed E-state index contributed by atoms with van der Waals surface area (Å²) in [7, 11) is 0. The molecule has 1 atom stereocenters. The standard InChI is InChI=1S/C11H17NO3S2/c1-4-11(3,15)6-16-10-12-7(2)8(17-10)5-9(13)14/h15H,4-6H2,1-3H3,(H,13,14). The van der Waals surface area contributed by atoms with Crippen LogP contribution in [0.4, 0.5) is 0 Å². The first-order chi connectivity index (χ1) is 7.84. The highest BCUT2D eigenvalue weighted by molar-refractivity contribution is 8.01. The average Bonchev–Trinajstić information content (AvgIpc) is 2.56. The molecular weight excluding hydrogens is 258 g/mol. The quantitative estimate of drug-likeness (QED) is 0.780. The monoisotopic (exact) mass is 275 g/mol. The SMILES string of the molecule is CCC(C)(O)CSc1nc(C)c(CC(=O)O)s1. The summed E-state index contributed by atoms with van der Waals surface area (Å²) in [4.78, 5) is 15.7. The molecule has 0 aromatic carbocycles. The van der Waals surface area contributed by atoms with Gasteiger partial charge in [0.25, 0.3) is 0 Å². The molecule has 0 bridgehead atoms. The Morgan fingerprint density at radius 2 is 2.24 bits per heavy atom. The Balaban J connectivity index is 2.64. The second-order valence-electron chi connectivity index (χ2n) is 4.20. The van der Waals surface area contributed by atoms with Crippen LogP contribution in [0.2, 0.25) is 0 Å². The van der Waals surface area contributed by atoms with Crippen molar-refractivity contribution in [2.45, 2.75) is 43.6 Å². The molecule has 2 N–H and O–H groups in total. The van der Waals surface area contributed by atoms with Crippen LogP contribution in [0.5, 0.6) is 0 Å². The molecule has 96 valence electrons. The normalized spacial score (nSPS) is 14.6. The summed E-state index contributed by atoms with van der Waals surface area (Å²) in [5.74, 6) is -0.267. The van der Waals surface area contributed by atoms with Crippen LogP contribution in [0.25, 0.3) is 0 Å². The van der Waals surface area contributed by atoms with Crippen molar-refractivity contribution in [3.05, 3.63) is 10.6 Å². The van der Waals surface area contributed by atoms with Gasteiger partial charge in [-0.25, -0.2) is 4.98 Å². The lowest BCUT2D eigenvalue weighted by molar-refractivity contribution is -0.136. The number of thioether (sulfide) groups is 1. The van der Waals surface area contributed by atoms with Gasteiger partial charge < -0.3 is 10.2 Å². The first-order valence-electron chi connectivity index (χ1n) is 5.37. The molecule has 17 heavy (non-hydrogen) atoms. The van der Waals surface area contributed by atoms with Crippen molar-refractivity contribution in [3.8, 4) is 0 Å². The van der Waals surface area contributed by atoms with E-state index in [9.17, 15) is 9.90 Å². The molecule has 0 fully saturated rings. The Morgan fingerprint density at radius 1 is 1.59 bits per heavy atom. The van der Waals surface area contributed by atoms with Crippen LogP contribution >= 0.6 is 23.1 Å². The van der Waals surface area contributed by atoms with Crippen LogP contribution in [0.1, 0.15) is 30.8 Å². The fourth-order valence-corrected chi connectivity index (χ4v) is 3.42. The fourth-order valence-electron chi connectivity index (χ4n) is 1.08. The third-order valence-corrected chi connectivity index (χ3v) is 5.11. The Morgan fingerprint density at radius 3 is 2.76 bits per heavy atom. The number of carboxylic acids is 1. The van der Waals surface area contributed by atoms with Crippen molar-refractivity contribution in [1.82, 2.24) is 4.98 Å². The van der Waals surface area contributed by atoms with E-state index in [0.717, 1.165) is 14.9 Å². The van der Waals surface area contributed by atoms with Gasteiger partial charge in [-0.05, 0) is 20.3 Å². The minimum absolute atomic E-state index is 0.0221. The molecule has 0 aliphatic rings. The van der Waals surface area contributed by atoms with Gasteiger partial charge in [-0.1, -0.05) is 18.7 Å². The van der Waals surface area contributed by atoms with Gasteiger partial charge in [-0.3, -0.25) is 4.79 Å². The van der Waals surface area contributed by atoms with Crippen molar-refractivity contribution >= 4 is 29.1 Å². The number of carbonyl (C=O) groups is 1. The third kappa shape index (κ3) is 4.65. The van der Waals surface area contributed by atoms with Crippen molar-refractivity contribution in [2.75, 3.05) is 5.75 Å². The number of thiazole rings is 1. The van der Waals surface area contributed by atoms with Gasteiger partial charge in [-0.2, -0.15) is 0 Å². The van der Waals surface area contributed by atoms with E-state index in [4.69, 9.17) is 5.11 Å². The van der Waals surface area contributed by atoms with E-state index in [0.29, 0.717) is 12.2 Å². The molecule has 4 nitrogen and oxygen atoms in total. The number of aliphatic carboxylic acids is 1. The number of carboxylic acid groups (broad SMARTS) is 1. The Hall–Kier alpha value is -0.590. The molecule has 1 aromatic rings. The van der Waals surface area contributed by atoms with Gasteiger partial charge in [0.05, 0.1) is 17.7 Å². The average molecular weight is 275 g/mol. The van der Waals surface area contributed by atoms with Crippen molar-refractivity contribution in [3.63, 3.8) is 0 Å². The molecule has 0 radical (unpaired) electrons. The largest absolute Gasteiger partial charge is 0.481 e. The molecule has 1 aromatic heterocycles. The second kappa shape index (κ2) is 5.84. The maximum absolute atomic E-state index is 10.6. The lowest BCUT2D eigenvalue weighted by Gasteiger charge is -2.19. The minimum atomic E-state index is -0.839. The highest BCUT2D eigenvalue weighted by Gasteiger charge is 2.19. The van der Waals surface area contributed by atoms with Gasteiger partial charge in [0.2, 0.25) is 0 Å². The van der Waals surface area contributed by atoms with Gasteiger partial charge in [0, 0.05) is 10.6 Å². The summed E-state index contributed by atoms with van der Waals surface area (Å²) in [6.45, 7) is 5.54. The Kier molecular flexibility index (Phi) is 4.97. The molecule has 0 spiro atoms. The minimum Gasteiger partial charge on any atom is -0.481 e. The molecule has 0 saturated carbocycles. The summed E-state index contributed by atoms with van der Waals surface area (Å²) in [6.07, 6.45) is 0.709. The molecular formula is C11H17NO3S2. The fraction of sp³-hybridized carbons (Fsp3) is 0.636. The predicted octanol–water partition coefficient (Wildman–Crippen LogP) is 2.33. The Labute approximate surface area is 109 Å². The van der Waals surface area contributed by atoms with Crippen molar-refractivity contribution in [2.24, 2.45) is 0 Å². The number of hydrogen-bond acceptors (Lipinski definition) is 5. The number of hydrogen-bond donors (Lipinski definition) is 2. The van der Waals surface area contributed by atoms with Crippen LogP contribution in [0.15, 0.2) is 4.34 Å². The zero-order valence-electron chi connectivity index (χ0n) is 10.2. The van der Waals surface area contributed by atoms with E-state index in [1.165, 1.54) is 23.1 Å². The molecule has 1 unspecified atom stereocenters. The molecule has 0 amide bonds. The molecule has 1 heterocycles. The smallest absolute Gasteiger partial charge is 0.308 e. The summed E-state index contributed by atoms with van der Waals surface area (Å²) in [6, 6.07) is 0. The third-order valence-electron chi connectivity index (χ3n) is 2.45. The maximum Gasteiger partial charge on any atom is 0.308 e. The summed E-state index contributed by atoms with van der Waals surface area (Å²) in [5, 5.41) is 18.6. The van der Waals surface area contributed by atoms with E-state index in [1.807, 2.05) is 13.8 Å². The second-order valence-corrected chi connectivity index (χ2v) is 6.50. The molecule has 0 aliphatic heterocycles. The number of aryl methyl sites for hydroxylation is 1. The number of nitrogens with zero attached hydrogens (tertiary/aromatic N) is 1. The number of rotatable bonds is 6. The van der Waals surface area contributed by atoms with E-state index >= 15 is 0 Å².